The van der Waals surface area contributed by atoms with E-state index in [0.29, 0.717) is 35.3 Å². The quantitative estimate of drug-likeness (QED) is 0.833. The van der Waals surface area contributed by atoms with E-state index in [9.17, 15) is 9.59 Å². The predicted molar refractivity (Wildman–Crippen MR) is 93.2 cm³/mol. The number of hydrogen-bond donors (Lipinski definition) is 1. The van der Waals surface area contributed by atoms with Gasteiger partial charge < -0.3 is 14.8 Å². The van der Waals surface area contributed by atoms with E-state index in [1.54, 1.807) is 19.1 Å². The van der Waals surface area contributed by atoms with Crippen LogP contribution in [0.1, 0.15) is 17.4 Å². The summed E-state index contributed by atoms with van der Waals surface area (Å²) in [5.41, 5.74) is -0.337. The molecule has 0 radical (unpaired) electrons. The molecular weight excluding hydrogens is 364 g/mol. The minimum atomic E-state index is -1.04. The van der Waals surface area contributed by atoms with E-state index in [-0.39, 0.29) is 12.5 Å². The first-order valence-corrected chi connectivity index (χ1v) is 9.01. The van der Waals surface area contributed by atoms with Crippen molar-refractivity contribution in [1.82, 2.24) is 10.2 Å². The molecule has 130 valence electrons. The number of benzene rings is 1. The fraction of sp³-hybridized carbons (Fsp3) is 0.294. The first-order chi connectivity index (χ1) is 12.0. The Morgan fingerprint density at radius 2 is 2.12 bits per heavy atom. The number of amides is 3. The SMILES string of the molecule is CC1(c2cccs2)NC(=O)N(Cc2cc(Cl)c3c(c2)OCCO3)C1=O. The Balaban J connectivity index is 1.62. The van der Waals surface area contributed by atoms with Gasteiger partial charge in [-0.05, 0) is 36.1 Å². The maximum atomic E-state index is 12.9. The smallest absolute Gasteiger partial charge is 0.325 e. The lowest BCUT2D eigenvalue weighted by Gasteiger charge is -2.22. The lowest BCUT2D eigenvalue weighted by Crippen LogP contribution is -2.40. The van der Waals surface area contributed by atoms with Crippen molar-refractivity contribution < 1.29 is 19.1 Å². The molecule has 3 heterocycles. The highest BCUT2D eigenvalue weighted by Crippen LogP contribution is 2.39. The Morgan fingerprint density at radius 1 is 1.32 bits per heavy atom. The van der Waals surface area contributed by atoms with E-state index in [1.165, 1.54) is 16.2 Å². The van der Waals surface area contributed by atoms with Crippen molar-refractivity contribution >= 4 is 34.9 Å². The van der Waals surface area contributed by atoms with Crippen LogP contribution in [0.4, 0.5) is 4.79 Å². The van der Waals surface area contributed by atoms with Crippen LogP contribution in [0.15, 0.2) is 29.6 Å². The van der Waals surface area contributed by atoms with Gasteiger partial charge in [-0.1, -0.05) is 17.7 Å². The summed E-state index contributed by atoms with van der Waals surface area (Å²) in [7, 11) is 0. The average Bonchev–Trinajstić information content (AvgIpc) is 3.20. The maximum absolute atomic E-state index is 12.9. The third-order valence-corrected chi connectivity index (χ3v) is 5.66. The zero-order chi connectivity index (χ0) is 17.6. The van der Waals surface area contributed by atoms with Gasteiger partial charge in [-0.25, -0.2) is 4.79 Å². The van der Waals surface area contributed by atoms with Gasteiger partial charge in [0.2, 0.25) is 0 Å². The molecule has 1 atom stereocenters. The van der Waals surface area contributed by atoms with Crippen molar-refractivity contribution in [2.45, 2.75) is 19.0 Å². The molecule has 0 saturated carbocycles. The first kappa shape index (κ1) is 16.2. The number of halogens is 1. The highest BCUT2D eigenvalue weighted by molar-refractivity contribution is 7.10. The summed E-state index contributed by atoms with van der Waals surface area (Å²) in [6.07, 6.45) is 0. The maximum Gasteiger partial charge on any atom is 0.325 e. The largest absolute Gasteiger partial charge is 0.486 e. The van der Waals surface area contributed by atoms with Crippen molar-refractivity contribution in [3.8, 4) is 11.5 Å². The van der Waals surface area contributed by atoms with Gasteiger partial charge in [0.25, 0.3) is 5.91 Å². The van der Waals surface area contributed by atoms with Crippen molar-refractivity contribution in [3.05, 3.63) is 45.1 Å². The monoisotopic (exact) mass is 378 g/mol. The third kappa shape index (κ3) is 2.63. The Labute approximate surface area is 153 Å². The summed E-state index contributed by atoms with van der Waals surface area (Å²) in [5.74, 6) is 0.741. The van der Waals surface area contributed by atoms with Gasteiger partial charge in [-0.15, -0.1) is 11.3 Å². The second kappa shape index (κ2) is 5.93. The summed E-state index contributed by atoms with van der Waals surface area (Å²) in [6, 6.07) is 6.71. The molecule has 1 fully saturated rings. The molecule has 4 rings (SSSR count). The van der Waals surface area contributed by atoms with Crippen molar-refractivity contribution in [2.24, 2.45) is 0 Å². The van der Waals surface area contributed by atoms with Crippen LogP contribution in [-0.4, -0.2) is 30.1 Å². The van der Waals surface area contributed by atoms with Crippen LogP contribution in [0.25, 0.3) is 0 Å². The molecule has 2 aromatic rings. The minimum Gasteiger partial charge on any atom is -0.486 e. The molecule has 8 heteroatoms. The predicted octanol–water partition coefficient (Wildman–Crippen LogP) is 3.14. The Bertz CT molecular complexity index is 855. The first-order valence-electron chi connectivity index (χ1n) is 7.75. The summed E-state index contributed by atoms with van der Waals surface area (Å²) >= 11 is 7.67. The van der Waals surface area contributed by atoms with E-state index in [1.807, 2.05) is 17.5 Å². The number of urea groups is 1. The summed E-state index contributed by atoms with van der Waals surface area (Å²) < 4.78 is 11.0. The van der Waals surface area contributed by atoms with Crippen molar-refractivity contribution in [3.63, 3.8) is 0 Å². The molecule has 0 bridgehead atoms. The number of hydrogen-bond acceptors (Lipinski definition) is 5. The molecule has 1 aromatic carbocycles. The van der Waals surface area contributed by atoms with Crippen LogP contribution in [0, 0.1) is 0 Å². The highest BCUT2D eigenvalue weighted by Gasteiger charge is 2.49. The molecule has 2 aliphatic rings. The van der Waals surface area contributed by atoms with Gasteiger partial charge in [0, 0.05) is 4.88 Å². The van der Waals surface area contributed by atoms with Gasteiger partial charge in [-0.2, -0.15) is 0 Å². The molecule has 1 aromatic heterocycles. The van der Waals surface area contributed by atoms with Crippen LogP contribution in [0.3, 0.4) is 0 Å². The van der Waals surface area contributed by atoms with Gasteiger partial charge in [-0.3, -0.25) is 9.69 Å². The molecule has 3 amide bonds. The number of thiophene rings is 1. The van der Waals surface area contributed by atoms with Crippen LogP contribution in [0.2, 0.25) is 5.02 Å². The number of fused-ring (bicyclic) bond motifs is 1. The molecule has 0 aliphatic carbocycles. The third-order valence-electron chi connectivity index (χ3n) is 4.29. The van der Waals surface area contributed by atoms with Crippen molar-refractivity contribution in [2.75, 3.05) is 13.2 Å². The number of ether oxygens (including phenoxy) is 2. The van der Waals surface area contributed by atoms with Crippen LogP contribution in [-0.2, 0) is 16.9 Å². The molecule has 1 saturated heterocycles. The summed E-state index contributed by atoms with van der Waals surface area (Å²) in [5, 5.41) is 5.07. The van der Waals surface area contributed by atoms with Crippen LogP contribution >= 0.6 is 22.9 Å². The fourth-order valence-electron chi connectivity index (χ4n) is 3.01. The molecule has 0 spiro atoms. The topological polar surface area (TPSA) is 67.9 Å². The molecular formula is C17H15ClN2O4S. The number of nitrogens with zero attached hydrogens (tertiary/aromatic N) is 1. The summed E-state index contributed by atoms with van der Waals surface area (Å²) in [4.78, 5) is 27.3. The van der Waals surface area contributed by atoms with E-state index >= 15 is 0 Å². The number of imide groups is 1. The molecule has 2 aliphatic heterocycles. The van der Waals surface area contributed by atoms with E-state index < -0.39 is 11.6 Å². The molecule has 1 unspecified atom stereocenters. The van der Waals surface area contributed by atoms with Crippen LogP contribution in [0.5, 0.6) is 11.5 Å². The van der Waals surface area contributed by atoms with E-state index in [4.69, 9.17) is 21.1 Å². The second-order valence-electron chi connectivity index (χ2n) is 6.03. The highest BCUT2D eigenvalue weighted by atomic mass is 35.5. The second-order valence-corrected chi connectivity index (χ2v) is 7.38. The van der Waals surface area contributed by atoms with Gasteiger partial charge >= 0.3 is 6.03 Å². The van der Waals surface area contributed by atoms with Crippen molar-refractivity contribution in [1.29, 1.82) is 0 Å². The molecule has 25 heavy (non-hydrogen) atoms. The zero-order valence-electron chi connectivity index (χ0n) is 13.4. The fourth-order valence-corrected chi connectivity index (χ4v) is 4.13. The molecule has 1 N–H and O–H groups in total. The number of rotatable bonds is 3. The van der Waals surface area contributed by atoms with E-state index in [0.717, 1.165) is 4.88 Å². The molecule has 6 nitrogen and oxygen atoms in total. The Kier molecular flexibility index (Phi) is 3.85. The zero-order valence-corrected chi connectivity index (χ0v) is 14.9. The Hall–Kier alpha value is -2.25. The lowest BCUT2D eigenvalue weighted by atomic mass is 10.0. The number of carbonyl (C=O) groups excluding carboxylic acids is 2. The normalized spacial score (nSPS) is 22.2. The lowest BCUT2D eigenvalue weighted by molar-refractivity contribution is -0.131. The number of carbonyl (C=O) groups is 2. The van der Waals surface area contributed by atoms with E-state index in [2.05, 4.69) is 5.32 Å². The number of nitrogens with one attached hydrogen (secondary N) is 1. The van der Waals surface area contributed by atoms with Gasteiger partial charge in [0.05, 0.1) is 11.6 Å². The van der Waals surface area contributed by atoms with Gasteiger partial charge in [0.1, 0.15) is 13.2 Å². The minimum absolute atomic E-state index is 0.113. The van der Waals surface area contributed by atoms with Gasteiger partial charge in [0.15, 0.2) is 17.0 Å². The van der Waals surface area contributed by atoms with Crippen LogP contribution < -0.4 is 14.8 Å². The Morgan fingerprint density at radius 3 is 2.88 bits per heavy atom. The average molecular weight is 379 g/mol. The summed E-state index contributed by atoms with van der Waals surface area (Å²) in [6.45, 7) is 2.71. The standard InChI is InChI=1S/C17H15ClN2O4S/c1-17(13-3-2-6-25-13)15(21)20(16(22)19-17)9-10-7-11(18)14-12(8-10)23-4-5-24-14/h2-3,6-8H,4-5,9H2,1H3,(H,19,22).